The number of ether oxygens (including phenoxy) is 1. The van der Waals surface area contributed by atoms with E-state index in [-0.39, 0.29) is 23.2 Å². The molecular formula is C22H48O4Si2. The van der Waals surface area contributed by atoms with Gasteiger partial charge < -0.3 is 18.7 Å². The molecule has 0 aromatic rings. The fourth-order valence-electron chi connectivity index (χ4n) is 4.45. The van der Waals surface area contributed by atoms with Gasteiger partial charge in [-0.3, -0.25) is 0 Å². The van der Waals surface area contributed by atoms with Gasteiger partial charge in [0.15, 0.2) is 16.6 Å². The molecule has 0 radical (unpaired) electrons. The third kappa shape index (κ3) is 5.91. The molecule has 0 unspecified atom stereocenters. The molecule has 28 heavy (non-hydrogen) atoms. The molecule has 0 aliphatic carbocycles. The zero-order valence-electron chi connectivity index (χ0n) is 20.6. The molecule has 0 aromatic carbocycles. The number of hydrogen-bond acceptors (Lipinski definition) is 4. The Morgan fingerprint density at radius 1 is 0.893 bits per heavy atom. The zero-order chi connectivity index (χ0) is 22.1. The molecule has 1 rings (SSSR count). The Hall–Kier alpha value is 0.274. The summed E-state index contributed by atoms with van der Waals surface area (Å²) in [6.07, 6.45) is -0.274. The monoisotopic (exact) mass is 432 g/mol. The van der Waals surface area contributed by atoms with Gasteiger partial charge in [0.1, 0.15) is 0 Å². The minimum atomic E-state index is -1.99. The van der Waals surface area contributed by atoms with Crippen molar-refractivity contribution >= 4 is 16.6 Å². The lowest BCUT2D eigenvalue weighted by Crippen LogP contribution is -2.50. The van der Waals surface area contributed by atoms with E-state index in [1.54, 1.807) is 0 Å². The van der Waals surface area contributed by atoms with Crippen LogP contribution in [0.1, 0.15) is 69.2 Å². The number of aliphatic hydroxyl groups is 1. The number of epoxide rings is 1. The lowest BCUT2D eigenvalue weighted by molar-refractivity contribution is 0.0158. The van der Waals surface area contributed by atoms with Gasteiger partial charge in [-0.15, -0.1) is 0 Å². The highest BCUT2D eigenvalue weighted by Crippen LogP contribution is 2.43. The highest BCUT2D eigenvalue weighted by Gasteiger charge is 2.49. The van der Waals surface area contributed by atoms with Crippen LogP contribution < -0.4 is 0 Å². The molecule has 0 bridgehead atoms. The first kappa shape index (κ1) is 26.3. The molecule has 1 N–H and O–H groups in total. The Balaban J connectivity index is 2.87. The predicted octanol–water partition coefficient (Wildman–Crippen LogP) is 5.96. The Bertz CT molecular complexity index is 464. The van der Waals surface area contributed by atoms with Crippen molar-refractivity contribution in [1.82, 2.24) is 0 Å². The van der Waals surface area contributed by atoms with Crippen LogP contribution in [-0.4, -0.2) is 53.3 Å². The molecule has 6 heteroatoms. The summed E-state index contributed by atoms with van der Waals surface area (Å²) in [4.78, 5) is 0. The number of rotatable bonds is 11. The van der Waals surface area contributed by atoms with Crippen LogP contribution in [-0.2, 0) is 13.6 Å². The van der Waals surface area contributed by atoms with Gasteiger partial charge in [0.2, 0.25) is 0 Å². The second-order valence-electron chi connectivity index (χ2n) is 11.2. The van der Waals surface area contributed by atoms with Crippen LogP contribution in [0, 0.1) is 5.92 Å². The van der Waals surface area contributed by atoms with E-state index in [0.717, 1.165) is 0 Å². The lowest BCUT2D eigenvalue weighted by atomic mass is 9.98. The highest BCUT2D eigenvalue weighted by atomic mass is 28.4. The largest absolute Gasteiger partial charge is 0.416 e. The van der Waals surface area contributed by atoms with Gasteiger partial charge in [0, 0.05) is 12.5 Å². The molecule has 0 spiro atoms. The van der Waals surface area contributed by atoms with Crippen LogP contribution in [0.5, 0.6) is 0 Å². The lowest BCUT2D eigenvalue weighted by Gasteiger charge is -2.43. The molecule has 0 saturated carbocycles. The number of aliphatic hydroxyl groups excluding tert-OH is 1. The molecule has 168 valence electrons. The van der Waals surface area contributed by atoms with Crippen LogP contribution >= 0.6 is 0 Å². The van der Waals surface area contributed by atoms with Crippen molar-refractivity contribution in [3.63, 3.8) is 0 Å². The van der Waals surface area contributed by atoms with E-state index in [1.807, 2.05) is 0 Å². The van der Waals surface area contributed by atoms with Gasteiger partial charge in [0.25, 0.3) is 0 Å². The first-order valence-electron chi connectivity index (χ1n) is 11.2. The van der Waals surface area contributed by atoms with E-state index in [4.69, 9.17) is 13.6 Å². The Labute approximate surface area is 177 Å². The summed E-state index contributed by atoms with van der Waals surface area (Å²) in [7, 11) is -3.86. The second-order valence-corrected chi connectivity index (χ2v) is 21.5. The highest BCUT2D eigenvalue weighted by molar-refractivity contribution is 6.77. The third-order valence-corrected chi connectivity index (χ3v) is 17.9. The third-order valence-electron chi connectivity index (χ3n) is 7.33. The molecule has 4 atom stereocenters. The zero-order valence-corrected chi connectivity index (χ0v) is 22.6. The van der Waals surface area contributed by atoms with Crippen LogP contribution in [0.4, 0.5) is 0 Å². The maximum atomic E-state index is 11.1. The van der Waals surface area contributed by atoms with E-state index in [1.165, 1.54) is 0 Å². The molecule has 1 aliphatic rings. The van der Waals surface area contributed by atoms with Crippen LogP contribution in [0.3, 0.4) is 0 Å². The van der Waals surface area contributed by atoms with Crippen molar-refractivity contribution in [2.75, 3.05) is 13.2 Å². The summed E-state index contributed by atoms with van der Waals surface area (Å²) < 4.78 is 18.9. The van der Waals surface area contributed by atoms with Crippen molar-refractivity contribution in [1.29, 1.82) is 0 Å². The Kier molecular flexibility index (Phi) is 9.02. The molecule has 1 heterocycles. The maximum Gasteiger partial charge on any atom is 0.200 e. The summed E-state index contributed by atoms with van der Waals surface area (Å²) in [5, 5.41) is 11.3. The van der Waals surface area contributed by atoms with Gasteiger partial charge >= 0.3 is 0 Å². The first-order chi connectivity index (χ1) is 12.6. The van der Waals surface area contributed by atoms with E-state index in [0.29, 0.717) is 29.8 Å². The average molecular weight is 433 g/mol. The maximum absolute atomic E-state index is 11.1. The molecule has 4 nitrogen and oxygen atoms in total. The molecule has 1 fully saturated rings. The van der Waals surface area contributed by atoms with Crippen LogP contribution in [0.25, 0.3) is 0 Å². The van der Waals surface area contributed by atoms with Crippen LogP contribution in [0.2, 0.25) is 34.8 Å². The molecule has 1 aliphatic heterocycles. The fourth-order valence-corrected chi connectivity index (χ4v) is 11.0. The summed E-state index contributed by atoms with van der Waals surface area (Å²) in [5.74, 6) is -0.0256. The van der Waals surface area contributed by atoms with Crippen molar-refractivity contribution in [3.05, 3.63) is 0 Å². The predicted molar refractivity (Wildman–Crippen MR) is 124 cm³/mol. The van der Waals surface area contributed by atoms with Crippen molar-refractivity contribution in [2.24, 2.45) is 5.92 Å². The van der Waals surface area contributed by atoms with E-state index in [9.17, 15) is 5.11 Å². The van der Waals surface area contributed by atoms with Gasteiger partial charge in [-0.05, 0) is 41.7 Å². The molecule has 0 amide bonds. The standard InChI is InChI=1S/C22H48O4Si2/c1-15(2)28(16(3)4,17(5)6)25-14-20(23)19(21-18(7)26-21)13-24-27(11,12)22(8,9)10/h15-21,23H,13-14H2,1-12H3/t18-,19+,20-,21-/m0/s1. The summed E-state index contributed by atoms with van der Waals surface area (Å²) >= 11 is 0. The quantitative estimate of drug-likeness (QED) is 0.323. The second kappa shape index (κ2) is 9.60. The summed E-state index contributed by atoms with van der Waals surface area (Å²) in [6, 6.07) is 0. The topological polar surface area (TPSA) is 51.2 Å². The van der Waals surface area contributed by atoms with Crippen molar-refractivity contribution in [3.8, 4) is 0 Å². The van der Waals surface area contributed by atoms with Crippen molar-refractivity contribution < 1.29 is 18.7 Å². The van der Waals surface area contributed by atoms with E-state index < -0.39 is 22.7 Å². The molecule has 0 aromatic heterocycles. The van der Waals surface area contributed by atoms with Crippen LogP contribution in [0.15, 0.2) is 0 Å². The Morgan fingerprint density at radius 2 is 1.32 bits per heavy atom. The molecule has 1 saturated heterocycles. The minimum Gasteiger partial charge on any atom is -0.416 e. The normalized spacial score (nSPS) is 23.6. The van der Waals surface area contributed by atoms with E-state index in [2.05, 4.69) is 82.3 Å². The SMILES string of the molecule is CC(C)[Si](OC[C@H](O)[C@@H](CO[Si](C)(C)C(C)(C)C)[C@H]1O[C@H]1C)(C(C)C)C(C)C. The average Bonchev–Trinajstić information content (AvgIpc) is 3.22. The van der Waals surface area contributed by atoms with Gasteiger partial charge in [0.05, 0.1) is 24.9 Å². The van der Waals surface area contributed by atoms with E-state index >= 15 is 0 Å². The Morgan fingerprint density at radius 3 is 1.64 bits per heavy atom. The minimum absolute atomic E-state index is 0.0256. The number of hydrogen-bond donors (Lipinski definition) is 1. The van der Waals surface area contributed by atoms with Gasteiger partial charge in [-0.2, -0.15) is 0 Å². The summed E-state index contributed by atoms with van der Waals surface area (Å²) in [6.45, 7) is 28.0. The fraction of sp³-hybridized carbons (Fsp3) is 1.00. The summed E-state index contributed by atoms with van der Waals surface area (Å²) in [5.41, 5.74) is 1.54. The smallest absolute Gasteiger partial charge is 0.200 e. The van der Waals surface area contributed by atoms with Crippen molar-refractivity contribution in [2.45, 2.75) is 122 Å². The van der Waals surface area contributed by atoms with Gasteiger partial charge in [-0.25, -0.2) is 0 Å². The first-order valence-corrected chi connectivity index (χ1v) is 16.2. The molecular weight excluding hydrogens is 384 g/mol. The van der Waals surface area contributed by atoms with Gasteiger partial charge in [-0.1, -0.05) is 62.3 Å².